The summed E-state index contributed by atoms with van der Waals surface area (Å²) in [4.78, 5) is 31.5. The number of fused-ring (bicyclic) bond motifs is 1. The molecule has 2 aromatic carbocycles. The normalized spacial score (nSPS) is 18.3. The van der Waals surface area contributed by atoms with Crippen molar-refractivity contribution in [3.63, 3.8) is 0 Å². The van der Waals surface area contributed by atoms with E-state index in [4.69, 9.17) is 9.15 Å². The van der Waals surface area contributed by atoms with Gasteiger partial charge >= 0.3 is 0 Å². The zero-order chi connectivity index (χ0) is 21.8. The highest BCUT2D eigenvalue weighted by Gasteiger charge is 2.33. The SMILES string of the molecule is COCCNC(=O)C1CCC(N(C)C(=O)c2ccc(-c3nc4ccccc4o3)cc2)C1. The third-order valence-electron chi connectivity index (χ3n) is 5.92. The van der Waals surface area contributed by atoms with E-state index in [0.717, 1.165) is 29.5 Å². The number of hydrogen-bond donors (Lipinski definition) is 1. The van der Waals surface area contributed by atoms with Gasteiger partial charge in [-0.25, -0.2) is 4.98 Å². The van der Waals surface area contributed by atoms with Crippen LogP contribution in [0.5, 0.6) is 0 Å². The van der Waals surface area contributed by atoms with E-state index < -0.39 is 0 Å². The molecule has 1 N–H and O–H groups in total. The predicted molar refractivity (Wildman–Crippen MR) is 118 cm³/mol. The summed E-state index contributed by atoms with van der Waals surface area (Å²) in [6.07, 6.45) is 2.30. The number of nitrogens with one attached hydrogen (secondary N) is 1. The van der Waals surface area contributed by atoms with Gasteiger partial charge in [0, 0.05) is 43.8 Å². The molecule has 0 saturated heterocycles. The molecule has 7 nitrogen and oxygen atoms in total. The van der Waals surface area contributed by atoms with Gasteiger partial charge in [0.25, 0.3) is 5.91 Å². The van der Waals surface area contributed by atoms with Gasteiger partial charge in [0.15, 0.2) is 5.58 Å². The third kappa shape index (κ3) is 4.61. The van der Waals surface area contributed by atoms with Crippen LogP contribution in [0, 0.1) is 5.92 Å². The minimum Gasteiger partial charge on any atom is -0.436 e. The third-order valence-corrected chi connectivity index (χ3v) is 5.92. The second kappa shape index (κ2) is 9.31. The average molecular weight is 421 g/mol. The Morgan fingerprint density at radius 3 is 2.68 bits per heavy atom. The van der Waals surface area contributed by atoms with Crippen LogP contribution >= 0.6 is 0 Å². The number of hydrogen-bond acceptors (Lipinski definition) is 5. The van der Waals surface area contributed by atoms with Gasteiger partial charge in [-0.1, -0.05) is 12.1 Å². The Hall–Kier alpha value is -3.19. The van der Waals surface area contributed by atoms with Crippen LogP contribution in [0.25, 0.3) is 22.6 Å². The molecular formula is C24H27N3O4. The van der Waals surface area contributed by atoms with Gasteiger partial charge in [-0.05, 0) is 55.7 Å². The van der Waals surface area contributed by atoms with Crippen molar-refractivity contribution in [1.29, 1.82) is 0 Å². The van der Waals surface area contributed by atoms with Gasteiger partial charge in [-0.15, -0.1) is 0 Å². The quantitative estimate of drug-likeness (QED) is 0.590. The Bertz CT molecular complexity index is 1030. The van der Waals surface area contributed by atoms with Gasteiger partial charge in [0.05, 0.1) is 6.61 Å². The smallest absolute Gasteiger partial charge is 0.253 e. The lowest BCUT2D eigenvalue weighted by atomic mass is 10.1. The lowest BCUT2D eigenvalue weighted by Crippen LogP contribution is -2.37. The maximum atomic E-state index is 13.0. The minimum atomic E-state index is -0.0568. The average Bonchev–Trinajstić information content (AvgIpc) is 3.46. The van der Waals surface area contributed by atoms with Gasteiger partial charge < -0.3 is 19.4 Å². The van der Waals surface area contributed by atoms with Crippen molar-refractivity contribution < 1.29 is 18.7 Å². The summed E-state index contributed by atoms with van der Waals surface area (Å²) in [7, 11) is 3.42. The summed E-state index contributed by atoms with van der Waals surface area (Å²) in [5.41, 5.74) is 2.97. The molecule has 162 valence electrons. The van der Waals surface area contributed by atoms with Gasteiger partial charge in [0.1, 0.15) is 5.52 Å². The number of carbonyl (C=O) groups excluding carboxylic acids is 2. The van der Waals surface area contributed by atoms with E-state index in [1.807, 2.05) is 43.4 Å². The fourth-order valence-corrected chi connectivity index (χ4v) is 4.09. The number of nitrogens with zero attached hydrogens (tertiary/aromatic N) is 2. The zero-order valence-corrected chi connectivity index (χ0v) is 17.8. The van der Waals surface area contributed by atoms with E-state index in [0.29, 0.717) is 31.0 Å². The Labute approximate surface area is 181 Å². The van der Waals surface area contributed by atoms with Crippen LogP contribution in [0.2, 0.25) is 0 Å². The number of aromatic nitrogens is 1. The van der Waals surface area contributed by atoms with E-state index in [1.54, 1.807) is 24.1 Å². The van der Waals surface area contributed by atoms with Gasteiger partial charge in [-0.2, -0.15) is 0 Å². The van der Waals surface area contributed by atoms with Crippen molar-refractivity contribution in [3.05, 3.63) is 54.1 Å². The molecule has 3 aromatic rings. The van der Waals surface area contributed by atoms with E-state index in [9.17, 15) is 9.59 Å². The van der Waals surface area contributed by atoms with Crippen molar-refractivity contribution in [2.45, 2.75) is 25.3 Å². The molecule has 0 spiro atoms. The molecule has 1 aliphatic carbocycles. The number of oxazole rings is 1. The topological polar surface area (TPSA) is 84.7 Å². The van der Waals surface area contributed by atoms with E-state index >= 15 is 0 Å². The van der Waals surface area contributed by atoms with Crippen LogP contribution in [0.1, 0.15) is 29.6 Å². The molecule has 1 saturated carbocycles. The number of benzene rings is 2. The molecule has 2 amide bonds. The van der Waals surface area contributed by atoms with Crippen molar-refractivity contribution in [3.8, 4) is 11.5 Å². The highest BCUT2D eigenvalue weighted by Crippen LogP contribution is 2.30. The molecule has 7 heteroatoms. The van der Waals surface area contributed by atoms with E-state index in [-0.39, 0.29) is 23.8 Å². The molecule has 0 aliphatic heterocycles. The monoisotopic (exact) mass is 421 g/mol. The van der Waals surface area contributed by atoms with Crippen LogP contribution in [0.3, 0.4) is 0 Å². The molecule has 0 radical (unpaired) electrons. The fraction of sp³-hybridized carbons (Fsp3) is 0.375. The summed E-state index contributed by atoms with van der Waals surface area (Å²) in [6, 6.07) is 15.0. The second-order valence-corrected chi connectivity index (χ2v) is 7.93. The Morgan fingerprint density at radius 2 is 1.94 bits per heavy atom. The van der Waals surface area contributed by atoms with Crippen molar-refractivity contribution in [1.82, 2.24) is 15.2 Å². The van der Waals surface area contributed by atoms with Gasteiger partial charge in [-0.3, -0.25) is 9.59 Å². The number of para-hydroxylation sites is 2. The molecular weight excluding hydrogens is 394 g/mol. The van der Waals surface area contributed by atoms with Crippen LogP contribution in [0.4, 0.5) is 0 Å². The summed E-state index contributed by atoms with van der Waals surface area (Å²) >= 11 is 0. The Kier molecular flexibility index (Phi) is 6.32. The van der Waals surface area contributed by atoms with Gasteiger partial charge in [0.2, 0.25) is 11.8 Å². The second-order valence-electron chi connectivity index (χ2n) is 7.93. The number of amides is 2. The summed E-state index contributed by atoms with van der Waals surface area (Å²) in [5, 5.41) is 2.90. The van der Waals surface area contributed by atoms with Crippen LogP contribution in [-0.4, -0.2) is 55.0 Å². The largest absolute Gasteiger partial charge is 0.436 e. The van der Waals surface area contributed by atoms with E-state index in [2.05, 4.69) is 10.3 Å². The van der Waals surface area contributed by atoms with E-state index in [1.165, 1.54) is 0 Å². The summed E-state index contributed by atoms with van der Waals surface area (Å²) < 4.78 is 10.8. The molecule has 1 aliphatic rings. The molecule has 0 bridgehead atoms. The highest BCUT2D eigenvalue weighted by atomic mass is 16.5. The maximum Gasteiger partial charge on any atom is 0.253 e. The first kappa shape index (κ1) is 21.1. The first-order valence-corrected chi connectivity index (χ1v) is 10.6. The standard InChI is InChI=1S/C24H27N3O4/c1-27(19-12-11-18(15-19)22(28)25-13-14-30-2)24(29)17-9-7-16(8-10-17)23-26-20-5-3-4-6-21(20)31-23/h3-10,18-19H,11-15H2,1-2H3,(H,25,28). The lowest BCUT2D eigenvalue weighted by Gasteiger charge is -2.25. The number of rotatable bonds is 7. The summed E-state index contributed by atoms with van der Waals surface area (Å²) in [5.74, 6) is 0.475. The van der Waals surface area contributed by atoms with Crippen LogP contribution < -0.4 is 5.32 Å². The molecule has 31 heavy (non-hydrogen) atoms. The van der Waals surface area contributed by atoms with Crippen LogP contribution in [-0.2, 0) is 9.53 Å². The lowest BCUT2D eigenvalue weighted by molar-refractivity contribution is -0.125. The molecule has 2 unspecified atom stereocenters. The number of carbonyl (C=O) groups is 2. The zero-order valence-electron chi connectivity index (χ0n) is 17.8. The number of methoxy groups -OCH3 is 1. The molecule has 1 fully saturated rings. The molecule has 4 rings (SSSR count). The maximum absolute atomic E-state index is 13.0. The first-order valence-electron chi connectivity index (χ1n) is 10.6. The van der Waals surface area contributed by atoms with Crippen LogP contribution in [0.15, 0.2) is 52.9 Å². The molecule has 1 heterocycles. The van der Waals surface area contributed by atoms with Crippen molar-refractivity contribution in [2.24, 2.45) is 5.92 Å². The molecule has 2 atom stereocenters. The Morgan fingerprint density at radius 1 is 1.16 bits per heavy atom. The molecule has 1 aromatic heterocycles. The fourth-order valence-electron chi connectivity index (χ4n) is 4.09. The minimum absolute atomic E-state index is 0.0445. The predicted octanol–water partition coefficient (Wildman–Crippen LogP) is 3.50. The van der Waals surface area contributed by atoms with Crippen molar-refractivity contribution in [2.75, 3.05) is 27.3 Å². The highest BCUT2D eigenvalue weighted by molar-refractivity contribution is 5.94. The number of ether oxygens (including phenoxy) is 1. The Balaban J connectivity index is 1.38. The first-order chi connectivity index (χ1) is 15.1. The summed E-state index contributed by atoms with van der Waals surface area (Å²) in [6.45, 7) is 1.01. The van der Waals surface area contributed by atoms with Crippen molar-refractivity contribution >= 4 is 22.9 Å².